The summed E-state index contributed by atoms with van der Waals surface area (Å²) in [4.78, 5) is 32.3. The van der Waals surface area contributed by atoms with E-state index in [0.29, 0.717) is 13.1 Å². The van der Waals surface area contributed by atoms with Gasteiger partial charge in [-0.25, -0.2) is 4.98 Å². The fraction of sp³-hybridized carbons (Fsp3) is 0.304. The highest BCUT2D eigenvalue weighted by atomic mass is 32.1. The molecule has 0 saturated carbocycles. The first kappa shape index (κ1) is 19.7. The topological polar surface area (TPSA) is 81.8 Å². The lowest BCUT2D eigenvalue weighted by Gasteiger charge is -2.12. The van der Waals surface area contributed by atoms with Gasteiger partial charge in [0.15, 0.2) is 0 Å². The molecule has 4 aromatic rings. The van der Waals surface area contributed by atoms with Crippen molar-refractivity contribution in [3.05, 3.63) is 75.4 Å². The van der Waals surface area contributed by atoms with Crippen LogP contribution >= 0.6 is 11.3 Å². The standard InChI is InChI=1S/C23H23N5O2S/c29-20(26-18-8-3-1-6-16(18)14-28-12-5-11-25-28)10-13-27-15-24-22-21(23(27)30)17-7-2-4-9-19(17)31-22/h1,3,5-6,8,11-12,15H,2,4,7,9-10,13-14H2,(H,26,29). The van der Waals surface area contributed by atoms with Gasteiger partial charge in [-0.2, -0.15) is 5.10 Å². The lowest BCUT2D eigenvalue weighted by molar-refractivity contribution is -0.116. The van der Waals surface area contributed by atoms with E-state index in [1.165, 1.54) is 16.9 Å². The first-order valence-electron chi connectivity index (χ1n) is 10.5. The molecule has 1 aliphatic rings. The van der Waals surface area contributed by atoms with Crippen LogP contribution in [-0.4, -0.2) is 25.2 Å². The molecule has 0 spiro atoms. The molecule has 8 heteroatoms. The van der Waals surface area contributed by atoms with Crippen molar-refractivity contribution >= 4 is 33.1 Å². The van der Waals surface area contributed by atoms with Crippen molar-refractivity contribution in [3.63, 3.8) is 0 Å². The maximum atomic E-state index is 13.1. The third-order valence-corrected chi connectivity index (χ3v) is 6.90. The zero-order chi connectivity index (χ0) is 21.2. The van der Waals surface area contributed by atoms with E-state index < -0.39 is 0 Å². The number of anilines is 1. The second kappa shape index (κ2) is 8.47. The summed E-state index contributed by atoms with van der Waals surface area (Å²) in [5.74, 6) is -0.132. The minimum atomic E-state index is -0.132. The van der Waals surface area contributed by atoms with Crippen molar-refractivity contribution in [3.8, 4) is 0 Å². The van der Waals surface area contributed by atoms with E-state index in [1.807, 2.05) is 41.2 Å². The van der Waals surface area contributed by atoms with Crippen LogP contribution in [-0.2, 0) is 30.7 Å². The van der Waals surface area contributed by atoms with Crippen molar-refractivity contribution < 1.29 is 4.79 Å². The predicted octanol–water partition coefficient (Wildman–Crippen LogP) is 3.61. The summed E-state index contributed by atoms with van der Waals surface area (Å²) in [7, 11) is 0. The van der Waals surface area contributed by atoms with Crippen LogP contribution in [0.15, 0.2) is 53.8 Å². The molecule has 3 aromatic heterocycles. The van der Waals surface area contributed by atoms with Gasteiger partial charge in [0.25, 0.3) is 5.56 Å². The molecule has 7 nitrogen and oxygen atoms in total. The Morgan fingerprint density at radius 2 is 2.03 bits per heavy atom. The highest BCUT2D eigenvalue weighted by Crippen LogP contribution is 2.33. The van der Waals surface area contributed by atoms with E-state index in [0.717, 1.165) is 40.7 Å². The lowest BCUT2D eigenvalue weighted by Crippen LogP contribution is -2.24. The molecule has 1 aliphatic carbocycles. The Bertz CT molecular complexity index is 1290. The number of para-hydroxylation sites is 1. The molecule has 1 amide bonds. The van der Waals surface area contributed by atoms with Crippen molar-refractivity contribution in [1.82, 2.24) is 19.3 Å². The Kier molecular flexibility index (Phi) is 5.38. The molecule has 0 radical (unpaired) electrons. The number of nitrogens with zero attached hydrogens (tertiary/aromatic N) is 4. The van der Waals surface area contributed by atoms with Crippen LogP contribution in [0.1, 0.15) is 35.3 Å². The highest BCUT2D eigenvalue weighted by Gasteiger charge is 2.20. The maximum absolute atomic E-state index is 13.1. The van der Waals surface area contributed by atoms with Gasteiger partial charge in [0.2, 0.25) is 5.91 Å². The Morgan fingerprint density at radius 1 is 1.16 bits per heavy atom. The van der Waals surface area contributed by atoms with Gasteiger partial charge >= 0.3 is 0 Å². The number of hydrogen-bond donors (Lipinski definition) is 1. The summed E-state index contributed by atoms with van der Waals surface area (Å²) in [6.45, 7) is 0.881. The molecule has 0 saturated heterocycles. The van der Waals surface area contributed by atoms with E-state index in [1.54, 1.807) is 28.4 Å². The minimum absolute atomic E-state index is 0.0312. The van der Waals surface area contributed by atoms with Crippen LogP contribution in [0.4, 0.5) is 5.69 Å². The van der Waals surface area contributed by atoms with Crippen molar-refractivity contribution in [2.45, 2.75) is 45.2 Å². The first-order valence-corrected chi connectivity index (χ1v) is 11.4. The zero-order valence-electron chi connectivity index (χ0n) is 17.1. The fourth-order valence-electron chi connectivity index (χ4n) is 4.12. The number of benzene rings is 1. The summed E-state index contributed by atoms with van der Waals surface area (Å²) in [5.41, 5.74) is 2.88. The molecule has 0 fully saturated rings. The van der Waals surface area contributed by atoms with E-state index in [2.05, 4.69) is 15.4 Å². The number of aromatic nitrogens is 4. The summed E-state index contributed by atoms with van der Waals surface area (Å²) >= 11 is 1.64. The molecular weight excluding hydrogens is 410 g/mol. The van der Waals surface area contributed by atoms with Gasteiger partial charge in [0.1, 0.15) is 4.83 Å². The van der Waals surface area contributed by atoms with Crippen LogP contribution in [0, 0.1) is 0 Å². The van der Waals surface area contributed by atoms with E-state index in [4.69, 9.17) is 0 Å². The van der Waals surface area contributed by atoms with E-state index in [-0.39, 0.29) is 17.9 Å². The van der Waals surface area contributed by atoms with Crippen molar-refractivity contribution in [2.75, 3.05) is 5.32 Å². The van der Waals surface area contributed by atoms with E-state index in [9.17, 15) is 9.59 Å². The quantitative estimate of drug-likeness (QED) is 0.504. The second-order valence-electron chi connectivity index (χ2n) is 7.79. The van der Waals surface area contributed by atoms with Gasteiger partial charge in [0, 0.05) is 35.9 Å². The van der Waals surface area contributed by atoms with Crippen LogP contribution in [0.2, 0.25) is 0 Å². The number of fused-ring (bicyclic) bond motifs is 3. The Hall–Kier alpha value is -3.26. The van der Waals surface area contributed by atoms with Crippen LogP contribution in [0.5, 0.6) is 0 Å². The van der Waals surface area contributed by atoms with Gasteiger partial charge < -0.3 is 5.32 Å². The number of nitrogens with one attached hydrogen (secondary N) is 1. The Morgan fingerprint density at radius 3 is 2.90 bits per heavy atom. The number of hydrogen-bond acceptors (Lipinski definition) is 5. The average Bonchev–Trinajstić information content (AvgIpc) is 3.42. The van der Waals surface area contributed by atoms with E-state index >= 15 is 0 Å². The Balaban J connectivity index is 1.30. The molecule has 3 heterocycles. The SMILES string of the molecule is O=C(CCn1cnc2sc3c(c2c1=O)CCCC3)Nc1ccccc1Cn1cccn1. The second-order valence-corrected chi connectivity index (χ2v) is 8.88. The van der Waals surface area contributed by atoms with Gasteiger partial charge in [0.05, 0.1) is 18.3 Å². The zero-order valence-corrected chi connectivity index (χ0v) is 17.9. The van der Waals surface area contributed by atoms with Crippen molar-refractivity contribution in [2.24, 2.45) is 0 Å². The maximum Gasteiger partial charge on any atom is 0.262 e. The third-order valence-electron chi connectivity index (χ3n) is 5.70. The first-order chi connectivity index (χ1) is 15.2. The summed E-state index contributed by atoms with van der Waals surface area (Å²) in [5, 5.41) is 7.97. The number of rotatable bonds is 6. The molecule has 0 unspecified atom stereocenters. The van der Waals surface area contributed by atoms with Crippen LogP contribution < -0.4 is 10.9 Å². The summed E-state index contributed by atoms with van der Waals surface area (Å²) < 4.78 is 3.38. The molecule has 5 rings (SSSR count). The molecule has 0 aliphatic heterocycles. The number of aryl methyl sites for hydroxylation is 3. The summed E-state index contributed by atoms with van der Waals surface area (Å²) in [6, 6.07) is 9.56. The highest BCUT2D eigenvalue weighted by molar-refractivity contribution is 7.18. The number of carbonyl (C=O) groups is 1. The third kappa shape index (κ3) is 4.03. The number of amides is 1. The largest absolute Gasteiger partial charge is 0.326 e. The van der Waals surface area contributed by atoms with Gasteiger partial charge in [-0.15, -0.1) is 11.3 Å². The minimum Gasteiger partial charge on any atom is -0.326 e. The number of thiophene rings is 1. The molecule has 1 aromatic carbocycles. The summed E-state index contributed by atoms with van der Waals surface area (Å²) in [6.07, 6.45) is 9.68. The monoisotopic (exact) mass is 433 g/mol. The molecule has 0 atom stereocenters. The smallest absolute Gasteiger partial charge is 0.262 e. The van der Waals surface area contributed by atoms with Crippen LogP contribution in [0.3, 0.4) is 0 Å². The molecule has 1 N–H and O–H groups in total. The predicted molar refractivity (Wildman–Crippen MR) is 122 cm³/mol. The van der Waals surface area contributed by atoms with Gasteiger partial charge in [-0.3, -0.25) is 18.8 Å². The van der Waals surface area contributed by atoms with Crippen LogP contribution in [0.25, 0.3) is 10.2 Å². The molecule has 158 valence electrons. The average molecular weight is 434 g/mol. The fourth-order valence-corrected chi connectivity index (χ4v) is 5.34. The van der Waals surface area contributed by atoms with Gasteiger partial charge in [-0.05, 0) is 48.9 Å². The van der Waals surface area contributed by atoms with Gasteiger partial charge in [-0.1, -0.05) is 18.2 Å². The lowest BCUT2D eigenvalue weighted by atomic mass is 9.97. The Labute approximate surface area is 183 Å². The molecular formula is C23H23N5O2S. The molecule has 31 heavy (non-hydrogen) atoms. The normalized spacial score (nSPS) is 13.3. The molecule has 0 bridgehead atoms. The number of carbonyl (C=O) groups excluding carboxylic acids is 1. The van der Waals surface area contributed by atoms with Crippen molar-refractivity contribution in [1.29, 1.82) is 0 Å².